The number of methoxy groups -OCH3 is 1. The van der Waals surface area contributed by atoms with Crippen molar-refractivity contribution in [2.24, 2.45) is 11.3 Å². The van der Waals surface area contributed by atoms with Crippen LogP contribution in [0.3, 0.4) is 0 Å². The van der Waals surface area contributed by atoms with Crippen LogP contribution in [0.1, 0.15) is 33.6 Å². The standard InChI is InChI=1S/C12H21NO5/c1-8(2)12(3,11(16)17)7-9(14)13-6-5-10(15)18-4/h8H,5-7H2,1-4H3,(H,13,14)(H,16,17). The van der Waals surface area contributed by atoms with Crippen LogP contribution in [0.15, 0.2) is 0 Å². The van der Waals surface area contributed by atoms with E-state index in [0.29, 0.717) is 0 Å². The van der Waals surface area contributed by atoms with Gasteiger partial charge in [0, 0.05) is 13.0 Å². The smallest absolute Gasteiger partial charge is 0.310 e. The lowest BCUT2D eigenvalue weighted by atomic mass is 9.76. The minimum Gasteiger partial charge on any atom is -0.481 e. The van der Waals surface area contributed by atoms with Crippen LogP contribution in [-0.4, -0.2) is 36.6 Å². The van der Waals surface area contributed by atoms with Gasteiger partial charge in [-0.2, -0.15) is 0 Å². The number of carbonyl (C=O) groups excluding carboxylic acids is 2. The second-order valence-corrected chi connectivity index (χ2v) is 4.73. The summed E-state index contributed by atoms with van der Waals surface area (Å²) in [6.45, 7) is 5.21. The molecule has 0 rings (SSSR count). The fraction of sp³-hybridized carbons (Fsp3) is 0.750. The van der Waals surface area contributed by atoms with Gasteiger partial charge in [-0.15, -0.1) is 0 Å². The maximum atomic E-state index is 11.6. The molecule has 0 saturated carbocycles. The van der Waals surface area contributed by atoms with Gasteiger partial charge in [-0.25, -0.2) is 0 Å². The highest BCUT2D eigenvalue weighted by atomic mass is 16.5. The van der Waals surface area contributed by atoms with Crippen molar-refractivity contribution in [3.05, 3.63) is 0 Å². The van der Waals surface area contributed by atoms with Crippen LogP contribution >= 0.6 is 0 Å². The molecule has 0 aliphatic heterocycles. The zero-order valence-electron chi connectivity index (χ0n) is 11.3. The second kappa shape index (κ2) is 6.98. The van der Waals surface area contributed by atoms with Gasteiger partial charge >= 0.3 is 11.9 Å². The Kier molecular flexibility index (Phi) is 6.36. The molecular weight excluding hydrogens is 238 g/mol. The van der Waals surface area contributed by atoms with Gasteiger partial charge in [0.2, 0.25) is 5.91 Å². The van der Waals surface area contributed by atoms with E-state index in [1.165, 1.54) is 7.11 Å². The van der Waals surface area contributed by atoms with Gasteiger partial charge in [-0.05, 0) is 12.8 Å². The molecule has 1 amide bonds. The molecule has 0 heterocycles. The van der Waals surface area contributed by atoms with Crippen LogP contribution in [-0.2, 0) is 19.1 Å². The Hall–Kier alpha value is -1.59. The molecule has 0 fully saturated rings. The fourth-order valence-electron chi connectivity index (χ4n) is 1.33. The molecule has 0 aliphatic carbocycles. The third-order valence-electron chi connectivity index (χ3n) is 3.17. The molecule has 0 aliphatic rings. The number of hydrogen-bond donors (Lipinski definition) is 2. The first-order valence-electron chi connectivity index (χ1n) is 5.81. The highest BCUT2D eigenvalue weighted by Gasteiger charge is 2.38. The highest BCUT2D eigenvalue weighted by Crippen LogP contribution is 2.31. The number of carboxylic acid groups (broad SMARTS) is 1. The first kappa shape index (κ1) is 16.4. The van der Waals surface area contributed by atoms with Crippen molar-refractivity contribution in [3.63, 3.8) is 0 Å². The van der Waals surface area contributed by atoms with E-state index in [4.69, 9.17) is 5.11 Å². The van der Waals surface area contributed by atoms with E-state index in [0.717, 1.165) is 0 Å². The lowest BCUT2D eigenvalue weighted by Gasteiger charge is -2.28. The molecule has 1 atom stereocenters. The average molecular weight is 259 g/mol. The summed E-state index contributed by atoms with van der Waals surface area (Å²) < 4.78 is 4.43. The first-order chi connectivity index (χ1) is 8.24. The van der Waals surface area contributed by atoms with Crippen LogP contribution in [0.5, 0.6) is 0 Å². The van der Waals surface area contributed by atoms with Gasteiger partial charge in [0.15, 0.2) is 0 Å². The van der Waals surface area contributed by atoms with Gasteiger partial charge in [0.1, 0.15) is 0 Å². The number of carboxylic acids is 1. The van der Waals surface area contributed by atoms with E-state index in [2.05, 4.69) is 10.1 Å². The molecule has 6 nitrogen and oxygen atoms in total. The van der Waals surface area contributed by atoms with Crippen LogP contribution in [0.2, 0.25) is 0 Å². The van der Waals surface area contributed by atoms with Crippen molar-refractivity contribution in [2.75, 3.05) is 13.7 Å². The van der Waals surface area contributed by atoms with Crippen molar-refractivity contribution in [1.29, 1.82) is 0 Å². The Morgan fingerprint density at radius 2 is 1.89 bits per heavy atom. The number of carbonyl (C=O) groups is 3. The van der Waals surface area contributed by atoms with E-state index >= 15 is 0 Å². The Morgan fingerprint density at radius 3 is 2.28 bits per heavy atom. The number of hydrogen-bond acceptors (Lipinski definition) is 4. The number of ether oxygens (including phenoxy) is 1. The summed E-state index contributed by atoms with van der Waals surface area (Å²) in [6, 6.07) is 0. The molecule has 0 saturated heterocycles. The van der Waals surface area contributed by atoms with Gasteiger partial charge in [-0.3, -0.25) is 14.4 Å². The van der Waals surface area contributed by atoms with Gasteiger partial charge in [-0.1, -0.05) is 13.8 Å². The van der Waals surface area contributed by atoms with Crippen molar-refractivity contribution < 1.29 is 24.2 Å². The predicted octanol–water partition coefficient (Wildman–Crippen LogP) is 0.803. The van der Waals surface area contributed by atoms with Crippen molar-refractivity contribution in [3.8, 4) is 0 Å². The molecule has 0 radical (unpaired) electrons. The van der Waals surface area contributed by atoms with Gasteiger partial charge < -0.3 is 15.2 Å². The third kappa shape index (κ3) is 4.73. The molecule has 6 heteroatoms. The van der Waals surface area contributed by atoms with Crippen LogP contribution in [0, 0.1) is 11.3 Å². The van der Waals surface area contributed by atoms with Gasteiger partial charge in [0.05, 0.1) is 18.9 Å². The number of amides is 1. The molecule has 104 valence electrons. The van der Waals surface area contributed by atoms with E-state index in [1.807, 2.05) is 0 Å². The summed E-state index contributed by atoms with van der Waals surface area (Å²) >= 11 is 0. The molecule has 2 N–H and O–H groups in total. The van der Waals surface area contributed by atoms with E-state index in [9.17, 15) is 14.4 Å². The number of nitrogens with one attached hydrogen (secondary N) is 1. The Bertz CT molecular complexity index is 326. The van der Waals surface area contributed by atoms with Gasteiger partial charge in [0.25, 0.3) is 0 Å². The molecule has 18 heavy (non-hydrogen) atoms. The number of esters is 1. The molecular formula is C12H21NO5. The topological polar surface area (TPSA) is 92.7 Å². The lowest BCUT2D eigenvalue weighted by molar-refractivity contribution is -0.153. The lowest BCUT2D eigenvalue weighted by Crippen LogP contribution is -2.39. The van der Waals surface area contributed by atoms with Crippen LogP contribution < -0.4 is 5.32 Å². The number of rotatable bonds is 7. The molecule has 1 unspecified atom stereocenters. The summed E-state index contributed by atoms with van der Waals surface area (Å²) in [7, 11) is 1.27. The molecule has 0 aromatic rings. The summed E-state index contributed by atoms with van der Waals surface area (Å²) in [5.74, 6) is -1.96. The Labute approximate surface area is 107 Å². The molecule has 0 bridgehead atoms. The molecule has 0 aromatic heterocycles. The Morgan fingerprint density at radius 1 is 1.33 bits per heavy atom. The zero-order chi connectivity index (χ0) is 14.3. The number of aliphatic carboxylic acids is 1. The maximum absolute atomic E-state index is 11.6. The minimum atomic E-state index is -1.10. The van der Waals surface area contributed by atoms with E-state index in [-0.39, 0.29) is 31.2 Å². The SMILES string of the molecule is COC(=O)CCNC(=O)CC(C)(C(=O)O)C(C)C. The summed E-state index contributed by atoms with van der Waals surface area (Å²) in [4.78, 5) is 33.6. The van der Waals surface area contributed by atoms with Crippen molar-refractivity contribution >= 4 is 17.8 Å². The van der Waals surface area contributed by atoms with Crippen LogP contribution in [0.25, 0.3) is 0 Å². The zero-order valence-corrected chi connectivity index (χ0v) is 11.3. The largest absolute Gasteiger partial charge is 0.481 e. The Balaban J connectivity index is 4.29. The quantitative estimate of drug-likeness (QED) is 0.660. The summed E-state index contributed by atoms with van der Waals surface area (Å²) in [5, 5.41) is 11.7. The van der Waals surface area contributed by atoms with E-state index < -0.39 is 17.4 Å². The summed E-state index contributed by atoms with van der Waals surface area (Å²) in [6.07, 6.45) is -0.0329. The highest BCUT2D eigenvalue weighted by molar-refractivity contribution is 5.85. The van der Waals surface area contributed by atoms with Crippen molar-refractivity contribution in [1.82, 2.24) is 5.32 Å². The van der Waals surface area contributed by atoms with Crippen LogP contribution in [0.4, 0.5) is 0 Å². The minimum absolute atomic E-state index is 0.0771. The maximum Gasteiger partial charge on any atom is 0.310 e. The molecule has 0 spiro atoms. The average Bonchev–Trinajstić information content (AvgIpc) is 2.27. The van der Waals surface area contributed by atoms with E-state index in [1.54, 1.807) is 20.8 Å². The summed E-state index contributed by atoms with van der Waals surface area (Å²) in [5.41, 5.74) is -1.10. The third-order valence-corrected chi connectivity index (χ3v) is 3.17. The fourth-order valence-corrected chi connectivity index (χ4v) is 1.33. The second-order valence-electron chi connectivity index (χ2n) is 4.73. The van der Waals surface area contributed by atoms with Crippen molar-refractivity contribution in [2.45, 2.75) is 33.6 Å². The predicted molar refractivity (Wildman–Crippen MR) is 64.8 cm³/mol. The normalized spacial score (nSPS) is 13.8. The monoisotopic (exact) mass is 259 g/mol. The first-order valence-corrected chi connectivity index (χ1v) is 5.81. The molecule has 0 aromatic carbocycles.